The fourth-order valence-electron chi connectivity index (χ4n) is 4.73. The van der Waals surface area contributed by atoms with Crippen LogP contribution in [0.1, 0.15) is 50.2 Å². The highest BCUT2D eigenvalue weighted by Crippen LogP contribution is 2.36. The molecule has 1 spiro atoms. The van der Waals surface area contributed by atoms with Crippen LogP contribution in [0.25, 0.3) is 0 Å². The second-order valence-electron chi connectivity index (χ2n) is 8.65. The number of hydrogen-bond donors (Lipinski definition) is 2. The molecule has 7 nitrogen and oxygen atoms in total. The lowest BCUT2D eigenvalue weighted by atomic mass is 9.77. The molecule has 1 saturated heterocycles. The number of fused-ring (bicyclic) bond motifs is 1. The second kappa shape index (κ2) is 7.31. The van der Waals surface area contributed by atoms with Gasteiger partial charge in [0.2, 0.25) is 0 Å². The Balaban J connectivity index is 1.45. The van der Waals surface area contributed by atoms with Crippen LogP contribution in [-0.2, 0) is 16.0 Å². The molecular formula is C21H27FN4O3. The summed E-state index contributed by atoms with van der Waals surface area (Å²) in [7, 11) is 0. The number of nitrogens with one attached hydrogen (secondary N) is 2. The molecule has 4 rings (SSSR count). The molecular weight excluding hydrogens is 375 g/mol. The maximum atomic E-state index is 14.5. The number of hydrazine groups is 1. The number of carbonyl (C=O) groups is 3. The number of anilines is 1. The van der Waals surface area contributed by atoms with Crippen LogP contribution in [0, 0.1) is 18.7 Å². The van der Waals surface area contributed by atoms with Gasteiger partial charge in [-0.3, -0.25) is 15.0 Å². The Kier molecular flexibility index (Phi) is 4.96. The van der Waals surface area contributed by atoms with Gasteiger partial charge in [-0.05, 0) is 68.6 Å². The SMILES string of the molecule is Cc1cc(F)c2c(c1)CCCN2CC(=O)NN1C(=O)NC2(CCC(C)CC2)C1=O. The van der Waals surface area contributed by atoms with E-state index in [1.54, 1.807) is 4.90 Å². The summed E-state index contributed by atoms with van der Waals surface area (Å²) >= 11 is 0. The average Bonchev–Trinajstić information content (AvgIpc) is 2.88. The van der Waals surface area contributed by atoms with Gasteiger partial charge < -0.3 is 10.2 Å². The Bertz CT molecular complexity index is 864. The topological polar surface area (TPSA) is 81.8 Å². The van der Waals surface area contributed by atoms with Crippen molar-refractivity contribution in [3.05, 3.63) is 29.1 Å². The van der Waals surface area contributed by atoms with Crippen LogP contribution in [0.15, 0.2) is 12.1 Å². The molecule has 8 heteroatoms. The molecule has 3 aliphatic rings. The molecule has 0 aromatic heterocycles. The number of imide groups is 1. The first-order chi connectivity index (χ1) is 13.8. The number of hydrogen-bond acceptors (Lipinski definition) is 4. The molecule has 1 aromatic carbocycles. The van der Waals surface area contributed by atoms with E-state index in [1.807, 2.05) is 13.0 Å². The van der Waals surface area contributed by atoms with Gasteiger partial charge in [0.1, 0.15) is 11.4 Å². The van der Waals surface area contributed by atoms with Crippen LogP contribution in [0.3, 0.4) is 0 Å². The summed E-state index contributed by atoms with van der Waals surface area (Å²) in [6.45, 7) is 4.40. The summed E-state index contributed by atoms with van der Waals surface area (Å²) < 4.78 is 14.5. The van der Waals surface area contributed by atoms with E-state index in [-0.39, 0.29) is 12.4 Å². The van der Waals surface area contributed by atoms with Crippen molar-refractivity contribution in [2.24, 2.45) is 5.92 Å². The van der Waals surface area contributed by atoms with Crippen LogP contribution in [-0.4, -0.2) is 41.5 Å². The van der Waals surface area contributed by atoms with Crippen molar-refractivity contribution in [3.63, 3.8) is 0 Å². The van der Waals surface area contributed by atoms with E-state index in [4.69, 9.17) is 0 Å². The van der Waals surface area contributed by atoms with Crippen molar-refractivity contribution in [1.29, 1.82) is 0 Å². The Morgan fingerprint density at radius 1 is 1.31 bits per heavy atom. The summed E-state index contributed by atoms with van der Waals surface area (Å²) in [4.78, 5) is 39.5. The molecule has 29 heavy (non-hydrogen) atoms. The van der Waals surface area contributed by atoms with Crippen molar-refractivity contribution in [2.75, 3.05) is 18.0 Å². The molecule has 0 unspecified atom stereocenters. The molecule has 2 heterocycles. The molecule has 0 bridgehead atoms. The summed E-state index contributed by atoms with van der Waals surface area (Å²) in [5, 5.41) is 3.58. The number of halogens is 1. The molecule has 4 amide bonds. The van der Waals surface area contributed by atoms with Gasteiger partial charge in [-0.1, -0.05) is 13.0 Å². The van der Waals surface area contributed by atoms with Crippen LogP contribution in [0.2, 0.25) is 0 Å². The smallest absolute Gasteiger partial charge is 0.344 e. The number of urea groups is 1. The fourth-order valence-corrected chi connectivity index (χ4v) is 4.73. The van der Waals surface area contributed by atoms with Crippen LogP contribution < -0.4 is 15.6 Å². The lowest BCUT2D eigenvalue weighted by molar-refractivity contribution is -0.139. The monoisotopic (exact) mass is 402 g/mol. The van der Waals surface area contributed by atoms with Crippen LogP contribution in [0.5, 0.6) is 0 Å². The number of carbonyl (C=O) groups excluding carboxylic acids is 3. The summed E-state index contributed by atoms with van der Waals surface area (Å²) in [6.07, 6.45) is 4.45. The van der Waals surface area contributed by atoms with E-state index in [2.05, 4.69) is 17.7 Å². The van der Waals surface area contributed by atoms with Crippen molar-refractivity contribution < 1.29 is 18.8 Å². The molecule has 1 saturated carbocycles. The highest BCUT2D eigenvalue weighted by atomic mass is 19.1. The van der Waals surface area contributed by atoms with E-state index in [0.717, 1.165) is 41.8 Å². The second-order valence-corrected chi connectivity index (χ2v) is 8.65. The lowest BCUT2D eigenvalue weighted by Gasteiger charge is -2.33. The Hall–Kier alpha value is -2.64. The molecule has 1 aliphatic carbocycles. The number of nitrogens with zero attached hydrogens (tertiary/aromatic N) is 2. The van der Waals surface area contributed by atoms with Gasteiger partial charge in [0.15, 0.2) is 0 Å². The minimum absolute atomic E-state index is 0.117. The number of amides is 4. The zero-order valence-electron chi connectivity index (χ0n) is 16.9. The van der Waals surface area contributed by atoms with E-state index >= 15 is 0 Å². The Morgan fingerprint density at radius 3 is 2.76 bits per heavy atom. The quantitative estimate of drug-likeness (QED) is 0.761. The third kappa shape index (κ3) is 3.56. The van der Waals surface area contributed by atoms with Gasteiger partial charge in [-0.15, -0.1) is 0 Å². The molecule has 156 valence electrons. The third-order valence-corrected chi connectivity index (χ3v) is 6.34. The summed E-state index contributed by atoms with van der Waals surface area (Å²) in [5.41, 5.74) is 3.70. The Labute approximate surface area is 169 Å². The predicted molar refractivity (Wildman–Crippen MR) is 106 cm³/mol. The van der Waals surface area contributed by atoms with Gasteiger partial charge >= 0.3 is 6.03 Å². The van der Waals surface area contributed by atoms with E-state index in [0.29, 0.717) is 31.0 Å². The number of rotatable bonds is 3. The lowest BCUT2D eigenvalue weighted by Crippen LogP contribution is -2.53. The zero-order chi connectivity index (χ0) is 20.8. The first-order valence-electron chi connectivity index (χ1n) is 10.3. The van der Waals surface area contributed by atoms with E-state index < -0.39 is 23.4 Å². The number of aryl methyl sites for hydroxylation is 2. The summed E-state index contributed by atoms with van der Waals surface area (Å²) in [6, 6.07) is 2.80. The normalized spacial score (nSPS) is 26.5. The molecule has 2 N–H and O–H groups in total. The largest absolute Gasteiger partial charge is 0.360 e. The van der Waals surface area contributed by atoms with Crippen molar-refractivity contribution in [3.8, 4) is 0 Å². The van der Waals surface area contributed by atoms with Crippen molar-refractivity contribution in [2.45, 2.75) is 57.9 Å². The maximum Gasteiger partial charge on any atom is 0.344 e. The average molecular weight is 402 g/mol. The van der Waals surface area contributed by atoms with E-state index in [1.165, 1.54) is 6.07 Å². The minimum atomic E-state index is -0.905. The van der Waals surface area contributed by atoms with Gasteiger partial charge in [0.05, 0.1) is 12.2 Å². The first kappa shape index (κ1) is 19.7. The molecule has 0 atom stereocenters. The highest BCUT2D eigenvalue weighted by Gasteiger charge is 2.52. The molecule has 2 aliphatic heterocycles. The van der Waals surface area contributed by atoms with E-state index in [9.17, 15) is 18.8 Å². The van der Waals surface area contributed by atoms with Gasteiger partial charge in [0.25, 0.3) is 11.8 Å². The summed E-state index contributed by atoms with van der Waals surface area (Å²) in [5.74, 6) is -0.740. The minimum Gasteiger partial charge on any atom is -0.360 e. The Morgan fingerprint density at radius 2 is 2.03 bits per heavy atom. The van der Waals surface area contributed by atoms with Gasteiger partial charge in [-0.2, -0.15) is 5.01 Å². The standard InChI is InChI=1S/C21H27FN4O3/c1-13-5-7-21(8-6-13)19(28)26(20(29)23-21)24-17(27)12-25-9-3-4-15-10-14(2)11-16(22)18(15)25/h10-11,13H,3-9,12H2,1-2H3,(H,23,29)(H,24,27). The predicted octanol–water partition coefficient (Wildman–Crippen LogP) is 2.42. The molecule has 2 fully saturated rings. The number of benzene rings is 1. The van der Waals surface area contributed by atoms with Crippen molar-refractivity contribution in [1.82, 2.24) is 15.8 Å². The fraction of sp³-hybridized carbons (Fsp3) is 0.571. The molecule has 1 aromatic rings. The van der Waals surface area contributed by atoms with Crippen LogP contribution >= 0.6 is 0 Å². The third-order valence-electron chi connectivity index (χ3n) is 6.34. The van der Waals surface area contributed by atoms with Crippen molar-refractivity contribution >= 4 is 23.5 Å². The molecule has 0 radical (unpaired) electrons. The highest BCUT2D eigenvalue weighted by molar-refractivity contribution is 6.08. The van der Waals surface area contributed by atoms with Gasteiger partial charge in [-0.25, -0.2) is 9.18 Å². The van der Waals surface area contributed by atoms with Gasteiger partial charge in [0, 0.05) is 6.54 Å². The zero-order valence-corrected chi connectivity index (χ0v) is 16.9. The maximum absolute atomic E-state index is 14.5. The first-order valence-corrected chi connectivity index (χ1v) is 10.3. The van der Waals surface area contributed by atoms with Crippen LogP contribution in [0.4, 0.5) is 14.9 Å².